The SMILES string of the molecule is C/C=C(/CCCCCCC)C(OP(OC(/C(=C/C)CCCCCCC)(c1ccc(C)cc1C(C)(C)C)c1ccc(C)cc1C(C)(C)C)OC(/C(=C/C)CCCCCCC)(c1ccc(C)cc1C(C)(C)C)c1ccc(C)cc1C(C)(C)C)(c1ccc(C)cc1C(C)(C)C)c1ccc(C)cc1C(C)(C)C. The molecule has 0 aromatic heterocycles. The van der Waals surface area contributed by atoms with Gasteiger partial charge < -0.3 is 0 Å². The third-order valence-electron chi connectivity index (χ3n) is 21.9. The van der Waals surface area contributed by atoms with Crippen LogP contribution in [-0.4, -0.2) is 0 Å². The first-order valence-corrected chi connectivity index (χ1v) is 41.7. The van der Waals surface area contributed by atoms with Crippen molar-refractivity contribution in [2.45, 2.75) is 373 Å². The predicted octanol–water partition coefficient (Wildman–Crippen LogP) is 30.7. The Morgan fingerprint density at radius 3 is 0.563 bits per heavy atom. The molecule has 0 atom stereocenters. The molecule has 0 aliphatic carbocycles. The molecule has 0 heterocycles. The molecule has 0 unspecified atom stereocenters. The van der Waals surface area contributed by atoms with Gasteiger partial charge in [0, 0.05) is 0 Å². The van der Waals surface area contributed by atoms with Crippen molar-refractivity contribution in [3.05, 3.63) is 244 Å². The van der Waals surface area contributed by atoms with Crippen LogP contribution in [0, 0.1) is 41.5 Å². The molecule has 0 saturated heterocycles. The molecule has 3 nitrogen and oxygen atoms in total. The summed E-state index contributed by atoms with van der Waals surface area (Å²) in [5, 5.41) is 0. The van der Waals surface area contributed by atoms with Crippen LogP contribution in [0.4, 0.5) is 0 Å². The van der Waals surface area contributed by atoms with Crippen molar-refractivity contribution in [3.8, 4) is 0 Å². The molecular weight excluding hydrogens is 1270 g/mol. The summed E-state index contributed by atoms with van der Waals surface area (Å²) in [6, 6.07) is 43.8. The Morgan fingerprint density at radius 2 is 0.417 bits per heavy atom. The molecule has 566 valence electrons. The summed E-state index contributed by atoms with van der Waals surface area (Å²) in [7, 11) is -2.71. The van der Waals surface area contributed by atoms with Gasteiger partial charge in [-0.1, -0.05) is 383 Å². The number of hydrogen-bond acceptors (Lipinski definition) is 3. The molecule has 103 heavy (non-hydrogen) atoms. The molecule has 0 saturated carbocycles. The number of aryl methyl sites for hydroxylation is 6. The molecule has 0 aliphatic heterocycles. The highest BCUT2D eigenvalue weighted by Crippen LogP contribution is 2.67. The minimum Gasteiger partial charge on any atom is -0.291 e. The van der Waals surface area contributed by atoms with Gasteiger partial charge in [0.15, 0.2) is 0 Å². The van der Waals surface area contributed by atoms with Crippen molar-refractivity contribution in [2.75, 3.05) is 0 Å². The van der Waals surface area contributed by atoms with Crippen molar-refractivity contribution in [1.29, 1.82) is 0 Å². The largest absolute Gasteiger partial charge is 0.337 e. The number of unbranched alkanes of at least 4 members (excludes halogenated alkanes) is 12. The number of rotatable bonds is 33. The quantitative estimate of drug-likeness (QED) is 0.0233. The van der Waals surface area contributed by atoms with Crippen LogP contribution in [0.3, 0.4) is 0 Å². The van der Waals surface area contributed by atoms with E-state index >= 15 is 0 Å². The molecule has 0 radical (unpaired) electrons. The van der Waals surface area contributed by atoms with Crippen LogP contribution in [-0.2, 0) is 62.9 Å². The molecule has 0 spiro atoms. The lowest BCUT2D eigenvalue weighted by molar-refractivity contribution is 0.00937. The van der Waals surface area contributed by atoms with Gasteiger partial charge >= 0.3 is 8.60 Å². The Balaban J connectivity index is 2.18. The average molecular weight is 1420 g/mol. The van der Waals surface area contributed by atoms with Crippen LogP contribution in [0.15, 0.2) is 144 Å². The summed E-state index contributed by atoms with van der Waals surface area (Å²) in [5.74, 6) is 0. The van der Waals surface area contributed by atoms with E-state index in [0.717, 1.165) is 91.2 Å². The second-order valence-electron chi connectivity index (χ2n) is 37.3. The Hall–Kier alpha value is -5.15. The van der Waals surface area contributed by atoms with Crippen molar-refractivity contribution >= 4 is 8.60 Å². The minimum absolute atomic E-state index is 0.341. The van der Waals surface area contributed by atoms with Crippen LogP contribution in [0.2, 0.25) is 0 Å². The monoisotopic (exact) mass is 1420 g/mol. The second kappa shape index (κ2) is 36.2. The maximum Gasteiger partial charge on any atom is 0.337 e. The molecule has 6 rings (SSSR count). The summed E-state index contributed by atoms with van der Waals surface area (Å²) >= 11 is 0. The Bertz CT molecular complexity index is 3240. The highest BCUT2D eigenvalue weighted by atomic mass is 31.2. The maximum absolute atomic E-state index is 9.59. The zero-order chi connectivity index (χ0) is 76.9. The number of benzene rings is 6. The number of allylic oxidation sites excluding steroid dienone is 3. The van der Waals surface area contributed by atoms with Crippen LogP contribution >= 0.6 is 8.60 Å². The lowest BCUT2D eigenvalue weighted by Gasteiger charge is -2.50. The van der Waals surface area contributed by atoms with E-state index in [1.54, 1.807) is 0 Å². The first-order chi connectivity index (χ1) is 48.1. The third-order valence-corrected chi connectivity index (χ3v) is 23.1. The molecule has 4 heteroatoms. The van der Waals surface area contributed by atoms with Gasteiger partial charge in [-0.3, -0.25) is 13.6 Å². The van der Waals surface area contributed by atoms with Crippen molar-refractivity contribution in [1.82, 2.24) is 0 Å². The summed E-state index contributed by atoms with van der Waals surface area (Å²) in [5.41, 5.74) is 19.3. The van der Waals surface area contributed by atoms with Gasteiger partial charge in [0.25, 0.3) is 0 Å². The lowest BCUT2D eigenvalue weighted by Crippen LogP contribution is -2.43. The van der Waals surface area contributed by atoms with Gasteiger partial charge in [0.05, 0.1) is 0 Å². The van der Waals surface area contributed by atoms with E-state index in [1.807, 2.05) is 0 Å². The normalized spacial score (nSPS) is 13.8. The first kappa shape index (κ1) is 86.8. The fraction of sp³-hybridized carbons (Fsp3) is 0.576. The van der Waals surface area contributed by atoms with Crippen LogP contribution in [0.25, 0.3) is 0 Å². The average Bonchev–Trinajstić information content (AvgIpc) is 0.711. The van der Waals surface area contributed by atoms with Crippen LogP contribution in [0.5, 0.6) is 0 Å². The highest BCUT2D eigenvalue weighted by molar-refractivity contribution is 7.41. The highest BCUT2D eigenvalue weighted by Gasteiger charge is 2.56. The molecule has 6 aromatic carbocycles. The summed E-state index contributed by atoms with van der Waals surface area (Å²) in [6.07, 6.45) is 26.8. The topological polar surface area (TPSA) is 27.7 Å². The van der Waals surface area contributed by atoms with Crippen molar-refractivity contribution < 1.29 is 13.6 Å². The van der Waals surface area contributed by atoms with Gasteiger partial charge in [-0.05, 0) is 217 Å². The summed E-state index contributed by atoms with van der Waals surface area (Å²) < 4.78 is 28.8. The van der Waals surface area contributed by atoms with Gasteiger partial charge in [0.1, 0.15) is 16.8 Å². The van der Waals surface area contributed by atoms with Crippen LogP contribution in [0.1, 0.15) is 382 Å². The van der Waals surface area contributed by atoms with E-state index in [4.69, 9.17) is 0 Å². The standard InChI is InChI=1S/C99H147O3P/c1-31-37-40-43-46-49-76(34-4)97(79-58-52-70(7)64-85(79)91(13,14)15,80-59-53-71(8)65-86(80)92(16,17)18)100-103(101-98(77(35-5)50-47-44-41-38-32-2,81-60-54-72(9)66-87(81)93(19,20)21)82-61-55-73(10)67-88(82)94(22,23)24)102-99(78(36-6)51-48-45-42-39-33-3,83-62-56-74(11)68-89(83)95(25,26)27)84-63-57-75(12)69-90(84)96(28,29)30/h34-36,52-69H,31-33,37-51H2,1-30H3/b76-34-,77-35+,78-36+. The second-order valence-corrected chi connectivity index (χ2v) is 38.3. The van der Waals surface area contributed by atoms with E-state index in [0.29, 0.717) is 0 Å². The maximum atomic E-state index is 9.59. The van der Waals surface area contributed by atoms with Gasteiger partial charge in [-0.2, -0.15) is 0 Å². The fourth-order valence-corrected chi connectivity index (χ4v) is 17.9. The predicted molar refractivity (Wildman–Crippen MR) is 453 cm³/mol. The van der Waals surface area contributed by atoms with E-state index in [1.165, 1.54) is 141 Å². The lowest BCUT2D eigenvalue weighted by atomic mass is 9.68. The Labute approximate surface area is 635 Å². The Kier molecular flexibility index (Phi) is 30.5. The van der Waals surface area contributed by atoms with E-state index < -0.39 is 25.4 Å². The molecule has 0 bridgehead atoms. The first-order valence-electron chi connectivity index (χ1n) is 40.6. The summed E-state index contributed by atoms with van der Waals surface area (Å²) in [4.78, 5) is 0. The van der Waals surface area contributed by atoms with Crippen molar-refractivity contribution in [3.63, 3.8) is 0 Å². The minimum atomic E-state index is -2.71. The molecule has 0 fully saturated rings. The van der Waals surface area contributed by atoms with Gasteiger partial charge in [-0.15, -0.1) is 0 Å². The van der Waals surface area contributed by atoms with E-state index in [2.05, 4.69) is 335 Å². The van der Waals surface area contributed by atoms with Crippen molar-refractivity contribution in [2.24, 2.45) is 0 Å². The van der Waals surface area contributed by atoms with Crippen LogP contribution < -0.4 is 0 Å². The van der Waals surface area contributed by atoms with E-state index in [-0.39, 0.29) is 32.5 Å². The zero-order valence-corrected chi connectivity index (χ0v) is 72.4. The van der Waals surface area contributed by atoms with Gasteiger partial charge in [-0.25, -0.2) is 0 Å². The third kappa shape index (κ3) is 20.8. The molecule has 0 amide bonds. The number of hydrogen-bond donors (Lipinski definition) is 0. The zero-order valence-electron chi connectivity index (χ0n) is 71.5. The molecule has 0 aliphatic rings. The molecule has 0 N–H and O–H groups in total. The molecule has 6 aromatic rings. The smallest absolute Gasteiger partial charge is 0.291 e. The molecular formula is C99H147O3P. The Morgan fingerprint density at radius 1 is 0.252 bits per heavy atom. The van der Waals surface area contributed by atoms with E-state index in [9.17, 15) is 13.6 Å². The fourth-order valence-electron chi connectivity index (χ4n) is 16.2. The summed E-state index contributed by atoms with van der Waals surface area (Å²) in [6.45, 7) is 70.9. The van der Waals surface area contributed by atoms with Gasteiger partial charge in [0.2, 0.25) is 0 Å².